The summed E-state index contributed by atoms with van der Waals surface area (Å²) in [5.41, 5.74) is 4.55. The monoisotopic (exact) mass is 323 g/mol. The van der Waals surface area contributed by atoms with Gasteiger partial charge in [0.15, 0.2) is 0 Å². The molecule has 0 atom stereocenters. The normalized spacial score (nSPS) is 12.8. The number of carbonyl (C=O) groups excluding carboxylic acids is 1. The van der Waals surface area contributed by atoms with Crippen LogP contribution in [-0.4, -0.2) is 32.1 Å². The van der Waals surface area contributed by atoms with Crippen molar-refractivity contribution < 1.29 is 4.79 Å². The number of benzene rings is 2. The Morgan fingerprint density at radius 2 is 1.79 bits per heavy atom. The van der Waals surface area contributed by atoms with Crippen molar-refractivity contribution in [2.24, 2.45) is 0 Å². The van der Waals surface area contributed by atoms with Crippen LogP contribution in [0.3, 0.4) is 0 Å². The van der Waals surface area contributed by atoms with Crippen molar-refractivity contribution >= 4 is 23.0 Å². The van der Waals surface area contributed by atoms with Gasteiger partial charge < -0.3 is 15.1 Å². The molecule has 4 heteroatoms. The van der Waals surface area contributed by atoms with E-state index >= 15 is 0 Å². The third-order valence-corrected chi connectivity index (χ3v) is 4.60. The number of para-hydroxylation sites is 1. The third-order valence-electron chi connectivity index (χ3n) is 4.60. The molecule has 1 aliphatic heterocycles. The van der Waals surface area contributed by atoms with E-state index in [1.807, 2.05) is 18.2 Å². The smallest absolute Gasteiger partial charge is 0.243 e. The average molecular weight is 323 g/mol. The maximum absolute atomic E-state index is 12.3. The molecule has 2 aromatic rings. The lowest BCUT2D eigenvalue weighted by atomic mass is 10.2. The van der Waals surface area contributed by atoms with Crippen LogP contribution in [-0.2, 0) is 11.2 Å². The quantitative estimate of drug-likeness (QED) is 0.883. The highest BCUT2D eigenvalue weighted by molar-refractivity contribution is 5.94. The van der Waals surface area contributed by atoms with Crippen LogP contribution in [0.2, 0.25) is 0 Å². The van der Waals surface area contributed by atoms with E-state index in [4.69, 9.17) is 0 Å². The van der Waals surface area contributed by atoms with Gasteiger partial charge in [-0.05, 0) is 56.2 Å². The van der Waals surface area contributed by atoms with E-state index in [1.54, 1.807) is 0 Å². The summed E-state index contributed by atoms with van der Waals surface area (Å²) in [7, 11) is 0. The first-order valence-corrected chi connectivity index (χ1v) is 8.69. The van der Waals surface area contributed by atoms with Crippen LogP contribution in [0.4, 0.5) is 17.1 Å². The van der Waals surface area contributed by atoms with Crippen LogP contribution < -0.4 is 15.1 Å². The van der Waals surface area contributed by atoms with Crippen molar-refractivity contribution in [2.75, 3.05) is 41.3 Å². The van der Waals surface area contributed by atoms with Gasteiger partial charge in [-0.15, -0.1) is 0 Å². The molecule has 4 nitrogen and oxygen atoms in total. The first-order chi connectivity index (χ1) is 11.7. The van der Waals surface area contributed by atoms with Crippen molar-refractivity contribution in [3.8, 4) is 0 Å². The minimum absolute atomic E-state index is 0.0299. The van der Waals surface area contributed by atoms with Crippen LogP contribution in [0, 0.1) is 0 Å². The average Bonchev–Trinajstić information content (AvgIpc) is 3.00. The number of amides is 1. The van der Waals surface area contributed by atoms with E-state index in [2.05, 4.69) is 59.3 Å². The summed E-state index contributed by atoms with van der Waals surface area (Å²) in [6.07, 6.45) is 1.02. The molecule has 0 radical (unpaired) electrons. The summed E-state index contributed by atoms with van der Waals surface area (Å²) in [4.78, 5) is 16.8. The fraction of sp³-hybridized carbons (Fsp3) is 0.350. The molecule has 1 N–H and O–H groups in total. The molecule has 0 aromatic heterocycles. The Bertz CT molecular complexity index is 692. The van der Waals surface area contributed by atoms with E-state index in [9.17, 15) is 4.79 Å². The van der Waals surface area contributed by atoms with Crippen molar-refractivity contribution in [3.63, 3.8) is 0 Å². The summed E-state index contributed by atoms with van der Waals surface area (Å²) in [5.74, 6) is 0.0299. The highest BCUT2D eigenvalue weighted by atomic mass is 16.2. The number of hydrogen-bond acceptors (Lipinski definition) is 3. The van der Waals surface area contributed by atoms with E-state index in [-0.39, 0.29) is 5.91 Å². The lowest BCUT2D eigenvalue weighted by Crippen LogP contribution is -2.31. The Kier molecular flexibility index (Phi) is 5.04. The van der Waals surface area contributed by atoms with Crippen molar-refractivity contribution in [1.29, 1.82) is 0 Å². The molecule has 0 saturated heterocycles. The highest BCUT2D eigenvalue weighted by Crippen LogP contribution is 2.27. The molecular formula is C20H25N3O. The summed E-state index contributed by atoms with van der Waals surface area (Å²) in [5, 5.41) is 3.00. The highest BCUT2D eigenvalue weighted by Gasteiger charge is 2.20. The zero-order valence-corrected chi connectivity index (χ0v) is 14.5. The van der Waals surface area contributed by atoms with Gasteiger partial charge in [0, 0.05) is 36.7 Å². The summed E-state index contributed by atoms with van der Waals surface area (Å²) < 4.78 is 0. The van der Waals surface area contributed by atoms with Gasteiger partial charge in [-0.25, -0.2) is 0 Å². The molecule has 3 rings (SSSR count). The molecule has 0 bridgehead atoms. The van der Waals surface area contributed by atoms with Crippen molar-refractivity contribution in [3.05, 3.63) is 54.1 Å². The fourth-order valence-corrected chi connectivity index (χ4v) is 3.29. The topological polar surface area (TPSA) is 35.6 Å². The van der Waals surface area contributed by atoms with E-state index < -0.39 is 0 Å². The molecule has 0 fully saturated rings. The molecule has 1 amide bonds. The molecule has 0 saturated carbocycles. The number of nitrogens with zero attached hydrogens (tertiary/aromatic N) is 2. The Balaban J connectivity index is 1.60. The van der Waals surface area contributed by atoms with Crippen LogP contribution >= 0.6 is 0 Å². The number of rotatable bonds is 6. The lowest BCUT2D eigenvalue weighted by Gasteiger charge is -2.21. The van der Waals surface area contributed by atoms with Crippen molar-refractivity contribution in [1.82, 2.24) is 0 Å². The standard InChI is InChI=1S/C20H25N3O/c1-3-22(4-2)18-11-9-17(10-12-18)21-20(24)15-23-14-13-16-7-5-6-8-19(16)23/h5-12H,3-4,13-15H2,1-2H3,(H,21,24). The van der Waals surface area contributed by atoms with Gasteiger partial charge in [-0.3, -0.25) is 4.79 Å². The first-order valence-electron chi connectivity index (χ1n) is 8.69. The molecule has 126 valence electrons. The lowest BCUT2D eigenvalue weighted by molar-refractivity contribution is -0.115. The maximum Gasteiger partial charge on any atom is 0.243 e. The number of anilines is 3. The fourth-order valence-electron chi connectivity index (χ4n) is 3.29. The molecule has 0 spiro atoms. The molecular weight excluding hydrogens is 298 g/mol. The van der Waals surface area contributed by atoms with E-state index in [0.29, 0.717) is 6.54 Å². The van der Waals surface area contributed by atoms with E-state index in [0.717, 1.165) is 31.7 Å². The summed E-state index contributed by atoms with van der Waals surface area (Å²) >= 11 is 0. The number of fused-ring (bicyclic) bond motifs is 1. The third kappa shape index (κ3) is 3.53. The molecule has 24 heavy (non-hydrogen) atoms. The first kappa shape index (κ1) is 16.4. The molecule has 0 aliphatic carbocycles. The summed E-state index contributed by atoms with van der Waals surface area (Å²) in [6.45, 7) is 7.57. The Hall–Kier alpha value is -2.49. The van der Waals surface area contributed by atoms with Crippen molar-refractivity contribution in [2.45, 2.75) is 20.3 Å². The largest absolute Gasteiger partial charge is 0.372 e. The van der Waals surface area contributed by atoms with Crippen LogP contribution in [0.15, 0.2) is 48.5 Å². The Morgan fingerprint density at radius 3 is 2.50 bits per heavy atom. The van der Waals surface area contributed by atoms with Crippen LogP contribution in [0.5, 0.6) is 0 Å². The zero-order chi connectivity index (χ0) is 16.9. The van der Waals surface area contributed by atoms with Gasteiger partial charge in [0.2, 0.25) is 5.91 Å². The van der Waals surface area contributed by atoms with Gasteiger partial charge in [-0.2, -0.15) is 0 Å². The van der Waals surface area contributed by atoms with Gasteiger partial charge in [-0.1, -0.05) is 18.2 Å². The second-order valence-electron chi connectivity index (χ2n) is 6.07. The number of carbonyl (C=O) groups is 1. The predicted octanol–water partition coefficient (Wildman–Crippen LogP) is 3.53. The Morgan fingerprint density at radius 1 is 1.08 bits per heavy atom. The van der Waals surface area contributed by atoms with Gasteiger partial charge in [0.25, 0.3) is 0 Å². The predicted molar refractivity (Wildman–Crippen MR) is 101 cm³/mol. The number of nitrogens with one attached hydrogen (secondary N) is 1. The van der Waals surface area contributed by atoms with Gasteiger partial charge >= 0.3 is 0 Å². The molecule has 1 heterocycles. The molecule has 0 unspecified atom stereocenters. The second-order valence-corrected chi connectivity index (χ2v) is 6.07. The minimum atomic E-state index is 0.0299. The molecule has 2 aromatic carbocycles. The van der Waals surface area contributed by atoms with Gasteiger partial charge in [0.1, 0.15) is 0 Å². The second kappa shape index (κ2) is 7.39. The zero-order valence-electron chi connectivity index (χ0n) is 14.5. The minimum Gasteiger partial charge on any atom is -0.372 e. The SMILES string of the molecule is CCN(CC)c1ccc(NC(=O)CN2CCc3ccccc32)cc1. The van der Waals surface area contributed by atoms with Crippen LogP contribution in [0.1, 0.15) is 19.4 Å². The Labute approximate surface area is 144 Å². The van der Waals surface area contributed by atoms with Crippen LogP contribution in [0.25, 0.3) is 0 Å². The maximum atomic E-state index is 12.3. The van der Waals surface area contributed by atoms with E-state index in [1.165, 1.54) is 16.9 Å². The number of hydrogen-bond donors (Lipinski definition) is 1. The summed E-state index contributed by atoms with van der Waals surface area (Å²) in [6, 6.07) is 16.4. The van der Waals surface area contributed by atoms with Gasteiger partial charge in [0.05, 0.1) is 6.54 Å². The molecule has 1 aliphatic rings.